The van der Waals surface area contributed by atoms with Gasteiger partial charge in [0.2, 0.25) is 0 Å². The van der Waals surface area contributed by atoms with Gasteiger partial charge < -0.3 is 4.84 Å². The summed E-state index contributed by atoms with van der Waals surface area (Å²) in [6.07, 6.45) is 7.00. The third-order valence-electron chi connectivity index (χ3n) is 2.25. The number of oxime groups is 1. The van der Waals surface area contributed by atoms with Gasteiger partial charge in [-0.25, -0.2) is 0 Å². The molecule has 1 aromatic carbocycles. The molecule has 0 spiro atoms. The van der Waals surface area contributed by atoms with Crippen LogP contribution >= 0.6 is 0 Å². The SMILES string of the molecule is C=Cc1cccc(CON=CCCCC)c1. The molecule has 0 aliphatic carbocycles. The Morgan fingerprint density at radius 2 is 2.31 bits per heavy atom. The van der Waals surface area contributed by atoms with Gasteiger partial charge in [-0.05, 0) is 30.0 Å². The average Bonchev–Trinajstić information content (AvgIpc) is 2.34. The fourth-order valence-corrected chi connectivity index (χ4v) is 1.32. The van der Waals surface area contributed by atoms with E-state index in [-0.39, 0.29) is 0 Å². The van der Waals surface area contributed by atoms with Gasteiger partial charge in [0.05, 0.1) is 0 Å². The lowest BCUT2D eigenvalue weighted by molar-refractivity contribution is 0.131. The van der Waals surface area contributed by atoms with Crippen molar-refractivity contribution in [3.05, 3.63) is 42.0 Å². The quantitative estimate of drug-likeness (QED) is 0.384. The summed E-state index contributed by atoms with van der Waals surface area (Å²) in [4.78, 5) is 5.20. The van der Waals surface area contributed by atoms with Crippen LogP contribution in [0.15, 0.2) is 36.0 Å². The topological polar surface area (TPSA) is 21.6 Å². The van der Waals surface area contributed by atoms with E-state index in [0.717, 1.165) is 17.5 Å². The van der Waals surface area contributed by atoms with Crippen molar-refractivity contribution in [2.45, 2.75) is 32.8 Å². The van der Waals surface area contributed by atoms with Crippen LogP contribution in [0.25, 0.3) is 6.08 Å². The fraction of sp³-hybridized carbons (Fsp3) is 0.357. The Morgan fingerprint density at radius 3 is 3.06 bits per heavy atom. The first-order valence-corrected chi connectivity index (χ1v) is 5.72. The molecular weight excluding hydrogens is 198 g/mol. The van der Waals surface area contributed by atoms with Gasteiger partial charge in [-0.3, -0.25) is 0 Å². The summed E-state index contributed by atoms with van der Waals surface area (Å²) in [5.41, 5.74) is 2.22. The smallest absolute Gasteiger partial charge is 0.142 e. The molecule has 0 radical (unpaired) electrons. The maximum atomic E-state index is 5.20. The van der Waals surface area contributed by atoms with Gasteiger partial charge in [0.1, 0.15) is 6.61 Å². The summed E-state index contributed by atoms with van der Waals surface area (Å²) in [5.74, 6) is 0. The lowest BCUT2D eigenvalue weighted by atomic mass is 10.1. The molecule has 0 aliphatic heterocycles. The predicted molar refractivity (Wildman–Crippen MR) is 69.3 cm³/mol. The van der Waals surface area contributed by atoms with Gasteiger partial charge in [-0.1, -0.05) is 49.4 Å². The van der Waals surface area contributed by atoms with E-state index in [0.29, 0.717) is 6.61 Å². The number of rotatable bonds is 7. The third-order valence-corrected chi connectivity index (χ3v) is 2.25. The molecule has 0 unspecified atom stereocenters. The molecule has 2 heteroatoms. The molecule has 16 heavy (non-hydrogen) atoms. The van der Waals surface area contributed by atoms with Gasteiger partial charge in [-0.2, -0.15) is 0 Å². The zero-order valence-corrected chi connectivity index (χ0v) is 9.86. The van der Waals surface area contributed by atoms with Crippen molar-refractivity contribution in [3.63, 3.8) is 0 Å². The lowest BCUT2D eigenvalue weighted by Crippen LogP contribution is -1.88. The van der Waals surface area contributed by atoms with Gasteiger partial charge in [0.15, 0.2) is 0 Å². The van der Waals surface area contributed by atoms with Crippen molar-refractivity contribution in [2.75, 3.05) is 0 Å². The molecule has 2 nitrogen and oxygen atoms in total. The lowest BCUT2D eigenvalue weighted by Gasteiger charge is -2.00. The molecular formula is C14H19NO. The van der Waals surface area contributed by atoms with Crippen molar-refractivity contribution < 1.29 is 4.84 Å². The van der Waals surface area contributed by atoms with E-state index in [1.807, 2.05) is 30.5 Å². The second-order valence-electron chi connectivity index (χ2n) is 3.65. The van der Waals surface area contributed by atoms with E-state index in [1.165, 1.54) is 12.8 Å². The van der Waals surface area contributed by atoms with Crippen LogP contribution in [0.3, 0.4) is 0 Å². The standard InChI is InChI=1S/C14H19NO/c1-3-5-6-10-15-16-12-14-9-7-8-13(4-2)11-14/h4,7-11H,2-3,5-6,12H2,1H3. The minimum atomic E-state index is 0.518. The van der Waals surface area contributed by atoms with E-state index in [9.17, 15) is 0 Å². The summed E-state index contributed by atoms with van der Waals surface area (Å²) in [7, 11) is 0. The average molecular weight is 217 g/mol. The molecule has 0 amide bonds. The third kappa shape index (κ3) is 4.78. The summed E-state index contributed by atoms with van der Waals surface area (Å²) < 4.78 is 0. The number of unbranched alkanes of at least 4 members (excludes halogenated alkanes) is 2. The monoisotopic (exact) mass is 217 g/mol. The summed E-state index contributed by atoms with van der Waals surface area (Å²) in [5, 5.41) is 3.91. The highest BCUT2D eigenvalue weighted by Gasteiger charge is 1.93. The zero-order valence-electron chi connectivity index (χ0n) is 9.86. The molecule has 0 saturated heterocycles. The van der Waals surface area contributed by atoms with Crippen molar-refractivity contribution in [2.24, 2.45) is 5.16 Å². The molecule has 1 rings (SSSR count). The van der Waals surface area contributed by atoms with E-state index in [4.69, 9.17) is 4.84 Å². The Bertz CT molecular complexity index is 344. The van der Waals surface area contributed by atoms with Crippen LogP contribution in [0, 0.1) is 0 Å². The molecule has 0 aromatic heterocycles. The summed E-state index contributed by atoms with van der Waals surface area (Å²) in [6.45, 7) is 6.41. The van der Waals surface area contributed by atoms with Crippen LogP contribution in [0.1, 0.15) is 37.3 Å². The molecule has 1 aromatic rings. The first kappa shape index (κ1) is 12.5. The molecule has 0 bridgehead atoms. The number of benzene rings is 1. The van der Waals surface area contributed by atoms with Crippen LogP contribution in [-0.2, 0) is 11.4 Å². The Labute approximate surface area is 97.6 Å². The number of nitrogens with zero attached hydrogens (tertiary/aromatic N) is 1. The number of hydrogen-bond acceptors (Lipinski definition) is 2. The van der Waals surface area contributed by atoms with Crippen LogP contribution in [0.4, 0.5) is 0 Å². The highest BCUT2D eigenvalue weighted by atomic mass is 16.6. The first-order chi connectivity index (χ1) is 7.86. The van der Waals surface area contributed by atoms with Crippen LogP contribution in [0.2, 0.25) is 0 Å². The Kier molecular flexibility index (Phi) is 6.00. The van der Waals surface area contributed by atoms with Crippen LogP contribution in [-0.4, -0.2) is 6.21 Å². The maximum absolute atomic E-state index is 5.20. The molecule has 0 N–H and O–H groups in total. The molecule has 86 valence electrons. The Morgan fingerprint density at radius 1 is 1.44 bits per heavy atom. The maximum Gasteiger partial charge on any atom is 0.142 e. The van der Waals surface area contributed by atoms with Gasteiger partial charge in [-0.15, -0.1) is 0 Å². The van der Waals surface area contributed by atoms with Gasteiger partial charge in [0.25, 0.3) is 0 Å². The summed E-state index contributed by atoms with van der Waals surface area (Å²) >= 11 is 0. The minimum absolute atomic E-state index is 0.518. The highest BCUT2D eigenvalue weighted by Crippen LogP contribution is 2.07. The van der Waals surface area contributed by atoms with Crippen LogP contribution in [0.5, 0.6) is 0 Å². The first-order valence-electron chi connectivity index (χ1n) is 5.72. The Hall–Kier alpha value is -1.57. The fourth-order valence-electron chi connectivity index (χ4n) is 1.32. The molecule has 0 fully saturated rings. The van der Waals surface area contributed by atoms with Crippen molar-refractivity contribution in [1.82, 2.24) is 0 Å². The molecule has 0 aliphatic rings. The second kappa shape index (κ2) is 7.69. The minimum Gasteiger partial charge on any atom is -0.391 e. The molecule has 0 heterocycles. The van der Waals surface area contributed by atoms with Crippen molar-refractivity contribution in [3.8, 4) is 0 Å². The van der Waals surface area contributed by atoms with E-state index >= 15 is 0 Å². The van der Waals surface area contributed by atoms with Crippen molar-refractivity contribution in [1.29, 1.82) is 0 Å². The van der Waals surface area contributed by atoms with E-state index in [2.05, 4.69) is 24.7 Å². The second-order valence-corrected chi connectivity index (χ2v) is 3.65. The predicted octanol–water partition coefficient (Wildman–Crippen LogP) is 4.02. The largest absolute Gasteiger partial charge is 0.391 e. The number of hydrogen-bond donors (Lipinski definition) is 0. The van der Waals surface area contributed by atoms with E-state index < -0.39 is 0 Å². The van der Waals surface area contributed by atoms with Crippen molar-refractivity contribution >= 4 is 12.3 Å². The zero-order chi connectivity index (χ0) is 11.6. The van der Waals surface area contributed by atoms with Crippen LogP contribution < -0.4 is 0 Å². The summed E-state index contributed by atoms with van der Waals surface area (Å²) in [6, 6.07) is 8.08. The Balaban J connectivity index is 2.31. The van der Waals surface area contributed by atoms with Gasteiger partial charge in [0, 0.05) is 6.21 Å². The molecule has 0 atom stereocenters. The highest BCUT2D eigenvalue weighted by molar-refractivity contribution is 5.56. The van der Waals surface area contributed by atoms with Gasteiger partial charge >= 0.3 is 0 Å². The molecule has 0 saturated carbocycles. The van der Waals surface area contributed by atoms with E-state index in [1.54, 1.807) is 0 Å². The normalized spacial score (nSPS) is 10.6.